The molecule has 0 atom stereocenters. The van der Waals surface area contributed by atoms with E-state index in [0.29, 0.717) is 0 Å². The molecule has 0 bridgehead atoms. The van der Waals surface area contributed by atoms with Crippen LogP contribution in [0, 0.1) is 0 Å². The van der Waals surface area contributed by atoms with Crippen LogP contribution in [-0.4, -0.2) is 1.32 Å². The Morgan fingerprint density at radius 1 is 0.818 bits per heavy atom. The zero-order valence-electron chi connectivity index (χ0n) is 5.35. The van der Waals surface area contributed by atoms with Crippen LogP contribution in [0.5, 0.6) is 0 Å². The van der Waals surface area contributed by atoms with Gasteiger partial charge in [0, 0.05) is 0 Å². The molecule has 0 aliphatic rings. The van der Waals surface area contributed by atoms with Gasteiger partial charge in [0.1, 0.15) is 0 Å². The molecule has 0 fully saturated rings. The molecule has 0 spiro atoms. The Morgan fingerprint density at radius 3 is 1.55 bits per heavy atom. The molecular formula is C6H5I4Sb. The first-order chi connectivity index (χ1) is 4.86. The van der Waals surface area contributed by atoms with Gasteiger partial charge in [-0.15, -0.1) is 0 Å². The van der Waals surface area contributed by atoms with E-state index in [1.54, 1.807) is 0 Å². The van der Waals surface area contributed by atoms with E-state index in [9.17, 15) is 0 Å². The molecule has 1 rings (SSSR count). The van der Waals surface area contributed by atoms with Crippen LogP contribution < -0.4 is 3.51 Å². The maximum absolute atomic E-state index is 2.64. The van der Waals surface area contributed by atoms with E-state index in [1.165, 1.54) is 3.51 Å². The SMILES string of the molecule is [I][Sb]([I])([I])([I])[c]1ccccc1. The summed E-state index contributed by atoms with van der Waals surface area (Å²) in [6, 6.07) is 10.8. The zero-order valence-corrected chi connectivity index (χ0v) is 16.5. The summed E-state index contributed by atoms with van der Waals surface area (Å²) in [5, 5.41) is 0. The van der Waals surface area contributed by atoms with Crippen LogP contribution >= 0.6 is 74.0 Å². The Morgan fingerprint density at radius 2 is 1.27 bits per heavy atom. The van der Waals surface area contributed by atoms with Crippen LogP contribution in [0.25, 0.3) is 0 Å². The van der Waals surface area contributed by atoms with Crippen LogP contribution in [0.15, 0.2) is 30.3 Å². The second-order valence-electron chi connectivity index (χ2n) is 2.06. The van der Waals surface area contributed by atoms with Crippen molar-refractivity contribution in [3.8, 4) is 0 Å². The van der Waals surface area contributed by atoms with Crippen LogP contribution in [0.1, 0.15) is 0 Å². The number of hydrogen-bond donors (Lipinski definition) is 0. The first kappa shape index (κ1) is 12.0. The Bertz CT molecular complexity index is 241. The molecule has 0 saturated carbocycles. The predicted octanol–water partition coefficient (Wildman–Crippen LogP) is 4.02. The summed E-state index contributed by atoms with van der Waals surface area (Å²) >= 11 is 10.6. The van der Waals surface area contributed by atoms with Crippen molar-refractivity contribution in [1.29, 1.82) is 0 Å². The summed E-state index contributed by atoms with van der Waals surface area (Å²) in [6.45, 7) is 0. The minimum absolute atomic E-state index is 1.53. The van der Waals surface area contributed by atoms with Crippen molar-refractivity contribution in [3.63, 3.8) is 0 Å². The summed E-state index contributed by atoms with van der Waals surface area (Å²) in [5.74, 6) is 0. The summed E-state index contributed by atoms with van der Waals surface area (Å²) in [4.78, 5) is 0. The topological polar surface area (TPSA) is 0 Å². The van der Waals surface area contributed by atoms with E-state index in [-0.39, 0.29) is 0 Å². The molecule has 0 aliphatic heterocycles. The van der Waals surface area contributed by atoms with Crippen molar-refractivity contribution in [2.75, 3.05) is 0 Å². The summed E-state index contributed by atoms with van der Waals surface area (Å²) in [7, 11) is 0. The van der Waals surface area contributed by atoms with Gasteiger partial charge in [-0.1, -0.05) is 0 Å². The van der Waals surface area contributed by atoms with E-state index < -0.39 is 1.32 Å². The van der Waals surface area contributed by atoms with Crippen LogP contribution in [-0.2, 0) is 0 Å². The first-order valence-corrected chi connectivity index (χ1v) is 33.8. The molecule has 0 unspecified atom stereocenters. The number of rotatable bonds is 1. The van der Waals surface area contributed by atoms with Gasteiger partial charge in [0.05, 0.1) is 0 Å². The third-order valence-corrected chi connectivity index (χ3v) is 19.2. The predicted molar refractivity (Wildman–Crippen MR) is 87.9 cm³/mol. The van der Waals surface area contributed by atoms with Crippen molar-refractivity contribution in [3.05, 3.63) is 30.3 Å². The fourth-order valence-corrected chi connectivity index (χ4v) is 11.1. The van der Waals surface area contributed by atoms with Crippen molar-refractivity contribution in [2.24, 2.45) is 0 Å². The van der Waals surface area contributed by atoms with Gasteiger partial charge in [0.25, 0.3) is 0 Å². The van der Waals surface area contributed by atoms with E-state index >= 15 is 0 Å². The fourth-order valence-electron chi connectivity index (χ4n) is 0.653. The number of hydrogen-bond acceptors (Lipinski definition) is 0. The quantitative estimate of drug-likeness (QED) is 0.306. The minimum atomic E-state index is -2.36. The van der Waals surface area contributed by atoms with Gasteiger partial charge < -0.3 is 0 Å². The van der Waals surface area contributed by atoms with Crippen molar-refractivity contribution < 1.29 is 0 Å². The van der Waals surface area contributed by atoms with E-state index in [4.69, 9.17) is 0 Å². The van der Waals surface area contributed by atoms with Gasteiger partial charge in [-0.05, 0) is 0 Å². The molecular weight excluding hydrogens is 701 g/mol. The zero-order chi connectivity index (χ0) is 8.56. The van der Waals surface area contributed by atoms with E-state index in [1.807, 2.05) is 0 Å². The molecule has 0 aliphatic carbocycles. The molecule has 0 N–H and O–H groups in total. The second kappa shape index (κ2) is 4.22. The standard InChI is InChI=1S/C6H5.4HI.Sb/c1-2-4-6-5-3-1;;;;;/h1-5H;4*1H;/q;;;;;+4/p-4. The van der Waals surface area contributed by atoms with Gasteiger partial charge in [-0.2, -0.15) is 0 Å². The van der Waals surface area contributed by atoms with Gasteiger partial charge in [0.15, 0.2) is 0 Å². The molecule has 11 heavy (non-hydrogen) atoms. The molecule has 0 saturated heterocycles. The third-order valence-electron chi connectivity index (χ3n) is 1.15. The van der Waals surface area contributed by atoms with Gasteiger partial charge >= 0.3 is 109 Å². The average Bonchev–Trinajstić information content (AvgIpc) is 1.86. The average molecular weight is 706 g/mol. The molecule has 0 radical (unpaired) electrons. The number of halogens is 4. The molecule has 62 valence electrons. The van der Waals surface area contributed by atoms with Crippen LogP contribution in [0.2, 0.25) is 0 Å². The Kier molecular flexibility index (Phi) is 4.61. The van der Waals surface area contributed by atoms with Gasteiger partial charge in [0.2, 0.25) is 0 Å². The van der Waals surface area contributed by atoms with E-state index in [0.717, 1.165) is 0 Å². The first-order valence-electron chi connectivity index (χ1n) is 2.81. The molecule has 1 aromatic carbocycles. The number of benzene rings is 1. The van der Waals surface area contributed by atoms with Crippen LogP contribution in [0.3, 0.4) is 0 Å². The van der Waals surface area contributed by atoms with Crippen LogP contribution in [0.4, 0.5) is 0 Å². The second-order valence-corrected chi connectivity index (χ2v) is 134. The maximum atomic E-state index is 2.64. The Balaban J connectivity index is 3.14. The van der Waals surface area contributed by atoms with Crippen molar-refractivity contribution >= 4 is 78.8 Å². The summed E-state index contributed by atoms with van der Waals surface area (Å²) in [6.07, 6.45) is 0. The monoisotopic (exact) mass is 706 g/mol. The van der Waals surface area contributed by atoms with E-state index in [2.05, 4.69) is 104 Å². The Hall–Kier alpha value is 2.96. The molecule has 0 nitrogen and oxygen atoms in total. The summed E-state index contributed by atoms with van der Waals surface area (Å²) < 4.78 is -0.831. The fraction of sp³-hybridized carbons (Fsp3) is 0. The van der Waals surface area contributed by atoms with Crippen molar-refractivity contribution in [2.45, 2.75) is 0 Å². The van der Waals surface area contributed by atoms with Crippen molar-refractivity contribution in [1.82, 2.24) is 0 Å². The molecule has 1 aromatic rings. The molecule has 0 heterocycles. The normalized spacial score (nSPS) is 15.5. The third kappa shape index (κ3) is 4.33. The van der Waals surface area contributed by atoms with Gasteiger partial charge in [-0.3, -0.25) is 0 Å². The van der Waals surface area contributed by atoms with Gasteiger partial charge in [-0.25, -0.2) is 0 Å². The molecule has 0 amide bonds. The Labute approximate surface area is 106 Å². The molecule has 0 aromatic heterocycles. The summed E-state index contributed by atoms with van der Waals surface area (Å²) in [5.41, 5.74) is 0. The molecule has 5 heteroatoms.